The maximum absolute atomic E-state index is 10.8. The molecule has 8 nitrogen and oxygen atoms in total. The van der Waals surface area contributed by atoms with Crippen LogP contribution in [0.5, 0.6) is 0 Å². The summed E-state index contributed by atoms with van der Waals surface area (Å²) < 4.78 is 9.09. The van der Waals surface area contributed by atoms with E-state index in [2.05, 4.69) is 18.6 Å². The van der Waals surface area contributed by atoms with Crippen LogP contribution < -0.4 is 54.6 Å². The van der Waals surface area contributed by atoms with Crippen molar-refractivity contribution in [3.63, 3.8) is 0 Å². The number of carbonyl (C=O) groups excluding carboxylic acids is 5. The molecule has 1 aliphatic rings. The molecule has 1 rings (SSSR count). The Morgan fingerprint density at radius 1 is 1.17 bits per heavy atom. The molecule has 0 atom stereocenters. The van der Waals surface area contributed by atoms with Gasteiger partial charge in [0.1, 0.15) is 35.8 Å². The summed E-state index contributed by atoms with van der Waals surface area (Å²) in [7, 11) is 1.26. The summed E-state index contributed by atoms with van der Waals surface area (Å²) >= 11 is 0. The molecule has 162 valence electrons. The van der Waals surface area contributed by atoms with E-state index in [4.69, 9.17) is 4.74 Å². The summed E-state index contributed by atoms with van der Waals surface area (Å²) in [4.78, 5) is 51.2. The summed E-state index contributed by atoms with van der Waals surface area (Å²) in [5.41, 5.74) is -0.577. The molecule has 0 amide bonds. The van der Waals surface area contributed by atoms with Gasteiger partial charge in [0.25, 0.3) is 0 Å². The molecule has 0 aliphatic carbocycles. The molecule has 1 heterocycles. The number of unbranched alkanes of at least 4 members (excludes halogenated alkanes) is 1. The first-order chi connectivity index (χ1) is 11.8. The second-order valence-electron chi connectivity index (χ2n) is 6.34. The van der Waals surface area contributed by atoms with Gasteiger partial charge in [0, 0.05) is 6.42 Å². The molecule has 29 heavy (non-hydrogen) atoms. The van der Waals surface area contributed by atoms with Crippen LogP contribution in [0.4, 0.5) is 0 Å². The van der Waals surface area contributed by atoms with Crippen LogP contribution in [0.15, 0.2) is 0 Å². The molecule has 0 aromatic rings. The van der Waals surface area contributed by atoms with Gasteiger partial charge in [0.15, 0.2) is 0 Å². The van der Waals surface area contributed by atoms with Gasteiger partial charge in [0.2, 0.25) is 0 Å². The minimum absolute atomic E-state index is 0. The third kappa shape index (κ3) is 42.6. The number of cyclic esters (lactones) is 1. The van der Waals surface area contributed by atoms with Gasteiger partial charge >= 0.3 is 60.4 Å². The van der Waals surface area contributed by atoms with Crippen LogP contribution in [0.1, 0.15) is 75.1 Å². The monoisotopic (exact) mass is 421 g/mol. The second kappa shape index (κ2) is 25.5. The van der Waals surface area contributed by atoms with E-state index in [1.807, 2.05) is 0 Å². The maximum atomic E-state index is 10.8. The first-order valence-corrected chi connectivity index (χ1v) is 8.37. The van der Waals surface area contributed by atoms with E-state index in [1.54, 1.807) is 13.8 Å². The summed E-state index contributed by atoms with van der Waals surface area (Å²) in [6, 6.07) is 0. The maximum Gasteiger partial charge on any atom is 1.00 e. The quantitative estimate of drug-likeness (QED) is 0.225. The van der Waals surface area contributed by atoms with Crippen molar-refractivity contribution in [2.24, 2.45) is 0 Å². The minimum atomic E-state index is -0.577. The van der Waals surface area contributed by atoms with Crippen LogP contribution in [-0.4, -0.2) is 42.0 Å². The topological polar surface area (TPSA) is 139 Å². The van der Waals surface area contributed by atoms with Crippen LogP contribution in [0.2, 0.25) is 0 Å². The van der Waals surface area contributed by atoms with Gasteiger partial charge in [-0.1, -0.05) is 13.3 Å². The van der Waals surface area contributed by atoms with Crippen LogP contribution in [0.25, 0.3) is 0 Å². The van der Waals surface area contributed by atoms with Crippen molar-refractivity contribution in [1.82, 2.24) is 6.15 Å². The number of rotatable bonds is 3. The van der Waals surface area contributed by atoms with E-state index in [0.29, 0.717) is 6.42 Å². The van der Waals surface area contributed by atoms with E-state index in [0.717, 1.165) is 6.42 Å². The van der Waals surface area contributed by atoms with Crippen LogP contribution in [0, 0.1) is 6.92 Å². The number of carbonyl (C=O) groups is 5. The van der Waals surface area contributed by atoms with Crippen molar-refractivity contribution in [1.29, 1.82) is 0 Å². The van der Waals surface area contributed by atoms with Crippen molar-refractivity contribution < 1.29 is 83.3 Å². The van der Waals surface area contributed by atoms with Gasteiger partial charge in [-0.2, -0.15) is 6.42 Å². The Labute approximate surface area is 211 Å². The molecule has 0 bridgehead atoms. The van der Waals surface area contributed by atoms with Gasteiger partial charge in [-0.25, -0.2) is 0 Å². The normalized spacial score (nSPS) is 12.6. The fourth-order valence-electron chi connectivity index (χ4n) is 1.35. The van der Waals surface area contributed by atoms with E-state index in [1.165, 1.54) is 34.3 Å². The molecule has 0 spiro atoms. The molecule has 0 unspecified atom stereocenters. The van der Waals surface area contributed by atoms with Crippen molar-refractivity contribution >= 4 is 29.3 Å². The molecular formula is C19H37LiNNaO7. The standard InChI is InChI=1S/C7H10O3.C5H8O3.C4H9.C3H6O.Li.H3N.Na.H/c1-7(2)4-5(8)3-6(9)10-7;1-4(6)3-5(7)8-2;1-3-4-2;1-3(2)4;;;;/h3-4H2,1-2H3;3H2,1-2H3;1,3-4H2,2H3;1-2H3;;1H3;;/q;;-1;;+1;;+1;-1. The zero-order valence-corrected chi connectivity index (χ0v) is 21.8. The minimum Gasteiger partial charge on any atom is -1.00 e. The van der Waals surface area contributed by atoms with Crippen molar-refractivity contribution in [2.45, 2.75) is 79.2 Å². The molecule has 1 saturated heterocycles. The number of ether oxygens (including phenoxy) is 2. The molecule has 10 heteroatoms. The molecule has 0 saturated carbocycles. The smallest absolute Gasteiger partial charge is 1.00 e. The second-order valence-corrected chi connectivity index (χ2v) is 6.34. The van der Waals surface area contributed by atoms with E-state index in [9.17, 15) is 24.0 Å². The summed E-state index contributed by atoms with van der Waals surface area (Å²) in [5.74, 6) is -0.906. The third-order valence-corrected chi connectivity index (χ3v) is 2.33. The molecule has 0 aromatic carbocycles. The first-order valence-electron chi connectivity index (χ1n) is 8.37. The number of methoxy groups -OCH3 is 1. The van der Waals surface area contributed by atoms with Gasteiger partial charge in [0.05, 0.1) is 7.11 Å². The van der Waals surface area contributed by atoms with Gasteiger partial charge < -0.3 is 28.8 Å². The number of esters is 2. The van der Waals surface area contributed by atoms with E-state index >= 15 is 0 Å². The molecule has 1 aliphatic heterocycles. The Kier molecular flexibility index (Phi) is 37.5. The number of hydrogen-bond donors (Lipinski definition) is 1. The van der Waals surface area contributed by atoms with Crippen LogP contribution in [0.3, 0.4) is 0 Å². The zero-order chi connectivity index (χ0) is 21.3. The average Bonchev–Trinajstić information content (AvgIpc) is 2.44. The zero-order valence-electron chi connectivity index (χ0n) is 20.8. The van der Waals surface area contributed by atoms with Crippen LogP contribution >= 0.6 is 0 Å². The number of hydrogen-bond acceptors (Lipinski definition) is 8. The van der Waals surface area contributed by atoms with Gasteiger partial charge in [-0.3, -0.25) is 19.2 Å². The van der Waals surface area contributed by atoms with Crippen molar-refractivity contribution in [3.8, 4) is 0 Å². The van der Waals surface area contributed by atoms with Crippen molar-refractivity contribution in [2.75, 3.05) is 7.11 Å². The number of ketones is 3. The fraction of sp³-hybridized carbons (Fsp3) is 0.684. The SMILES string of the molecule is CC(C)=O.CC1(C)CC(=O)CC(=O)O1.COC(=O)CC(C)=O.N.[CH2-]CCC.[H-].[Li+].[Na+]. The Hall–Kier alpha value is -0.493. The number of Topliss-reactive ketones (excluding diaryl/α,β-unsaturated/α-hetero) is 3. The molecule has 0 radical (unpaired) electrons. The van der Waals surface area contributed by atoms with Gasteiger partial charge in [-0.15, -0.1) is 0 Å². The summed E-state index contributed by atoms with van der Waals surface area (Å²) in [6.07, 6.45) is 2.46. The summed E-state index contributed by atoms with van der Waals surface area (Å²) in [5, 5.41) is 0. The molecule has 1 fully saturated rings. The first kappa shape index (κ1) is 42.6. The predicted molar refractivity (Wildman–Crippen MR) is 104 cm³/mol. The van der Waals surface area contributed by atoms with E-state index in [-0.39, 0.29) is 86.2 Å². The predicted octanol–water partition coefficient (Wildman–Crippen LogP) is -2.69. The molecule has 3 N–H and O–H groups in total. The summed E-state index contributed by atoms with van der Waals surface area (Å²) in [6.45, 7) is 13.6. The largest absolute Gasteiger partial charge is 1.00 e. The Morgan fingerprint density at radius 3 is 1.72 bits per heavy atom. The Balaban J connectivity index is -0.0000000483. The van der Waals surface area contributed by atoms with Gasteiger partial charge in [-0.05, 0) is 34.6 Å². The molecule has 0 aromatic heterocycles. The average molecular weight is 421 g/mol. The van der Waals surface area contributed by atoms with E-state index < -0.39 is 17.5 Å². The molecular weight excluding hydrogens is 384 g/mol. The third-order valence-electron chi connectivity index (χ3n) is 2.33. The Bertz CT molecular complexity index is 466. The Morgan fingerprint density at radius 2 is 1.55 bits per heavy atom. The van der Waals surface area contributed by atoms with Crippen LogP contribution in [-0.2, 0) is 33.4 Å². The van der Waals surface area contributed by atoms with Crippen molar-refractivity contribution in [3.05, 3.63) is 6.92 Å². The fourth-order valence-corrected chi connectivity index (χ4v) is 1.35.